The van der Waals surface area contributed by atoms with Crippen LogP contribution in [0.2, 0.25) is 0 Å². The maximum absolute atomic E-state index is 5.99. The van der Waals surface area contributed by atoms with Crippen molar-refractivity contribution in [1.29, 1.82) is 0 Å². The van der Waals surface area contributed by atoms with Crippen molar-refractivity contribution < 1.29 is 9.47 Å². The maximum atomic E-state index is 5.99. The molecule has 1 aromatic heterocycles. The first kappa shape index (κ1) is 11.2. The number of nitrogens with zero attached hydrogens (tertiary/aromatic N) is 2. The van der Waals surface area contributed by atoms with Gasteiger partial charge in [-0.3, -0.25) is 0 Å². The molecule has 3 rings (SSSR count). The van der Waals surface area contributed by atoms with Gasteiger partial charge < -0.3 is 15.2 Å². The summed E-state index contributed by atoms with van der Waals surface area (Å²) in [6, 6.07) is 5.51. The highest BCUT2D eigenvalue weighted by Crippen LogP contribution is 2.40. The van der Waals surface area contributed by atoms with Crippen LogP contribution < -0.4 is 15.2 Å². The van der Waals surface area contributed by atoms with Gasteiger partial charge in [0.2, 0.25) is 0 Å². The van der Waals surface area contributed by atoms with Crippen LogP contribution in [0, 0.1) is 0 Å². The van der Waals surface area contributed by atoms with Gasteiger partial charge >= 0.3 is 0 Å². The minimum Gasteiger partial charge on any atom is -0.486 e. The number of benzene rings is 1. The van der Waals surface area contributed by atoms with Crippen LogP contribution in [0.1, 0.15) is 0 Å². The molecule has 0 radical (unpaired) electrons. The fourth-order valence-corrected chi connectivity index (χ4v) is 2.42. The lowest BCUT2D eigenvalue weighted by Gasteiger charge is -2.19. The summed E-state index contributed by atoms with van der Waals surface area (Å²) < 4.78 is 11.0. The standard InChI is InChI=1S/C12H11N3O2S/c13-8-5-9-10(17-4-3-16-9)6-11(8)18-12-1-2-14-7-15-12/h1-2,5-7H,3-4,13H2. The summed E-state index contributed by atoms with van der Waals surface area (Å²) in [5, 5.41) is 0.841. The van der Waals surface area contributed by atoms with Gasteiger partial charge in [0.15, 0.2) is 11.5 Å². The van der Waals surface area contributed by atoms with Gasteiger partial charge in [0.25, 0.3) is 0 Å². The zero-order valence-electron chi connectivity index (χ0n) is 9.50. The zero-order chi connectivity index (χ0) is 12.4. The quantitative estimate of drug-likeness (QED) is 0.658. The second-order valence-electron chi connectivity index (χ2n) is 3.68. The summed E-state index contributed by atoms with van der Waals surface area (Å²) in [7, 11) is 0. The first-order chi connectivity index (χ1) is 8.83. The van der Waals surface area contributed by atoms with Crippen LogP contribution >= 0.6 is 11.8 Å². The molecule has 0 saturated carbocycles. The van der Waals surface area contributed by atoms with Gasteiger partial charge in [-0.25, -0.2) is 9.97 Å². The van der Waals surface area contributed by atoms with Gasteiger partial charge in [-0.2, -0.15) is 0 Å². The SMILES string of the molecule is Nc1cc2c(cc1Sc1ccncn1)OCCO2. The van der Waals surface area contributed by atoms with Crippen LogP contribution in [0.3, 0.4) is 0 Å². The third-order valence-corrected chi connectivity index (χ3v) is 3.47. The maximum Gasteiger partial charge on any atom is 0.163 e. The third kappa shape index (κ3) is 2.19. The van der Waals surface area contributed by atoms with Gasteiger partial charge in [-0.15, -0.1) is 0 Å². The molecule has 5 nitrogen and oxygen atoms in total. The molecule has 0 unspecified atom stereocenters. The molecular weight excluding hydrogens is 250 g/mol. The van der Waals surface area contributed by atoms with Crippen molar-refractivity contribution in [1.82, 2.24) is 9.97 Å². The van der Waals surface area contributed by atoms with E-state index in [9.17, 15) is 0 Å². The number of rotatable bonds is 2. The monoisotopic (exact) mass is 261 g/mol. The third-order valence-electron chi connectivity index (χ3n) is 2.44. The Balaban J connectivity index is 1.92. The second-order valence-corrected chi connectivity index (χ2v) is 4.75. The Labute approximate surface area is 108 Å². The van der Waals surface area contributed by atoms with Crippen LogP contribution in [0.5, 0.6) is 11.5 Å². The van der Waals surface area contributed by atoms with Crippen molar-refractivity contribution in [2.45, 2.75) is 9.92 Å². The number of ether oxygens (including phenoxy) is 2. The van der Waals surface area contributed by atoms with Gasteiger partial charge in [-0.1, -0.05) is 11.8 Å². The molecule has 0 spiro atoms. The first-order valence-corrected chi connectivity index (χ1v) is 6.27. The molecule has 2 aromatic rings. The van der Waals surface area contributed by atoms with E-state index in [4.69, 9.17) is 15.2 Å². The van der Waals surface area contributed by atoms with Gasteiger partial charge in [0.05, 0.1) is 0 Å². The molecular formula is C12H11N3O2S. The van der Waals surface area contributed by atoms with Crippen molar-refractivity contribution in [3.8, 4) is 11.5 Å². The van der Waals surface area contributed by atoms with Crippen molar-refractivity contribution >= 4 is 17.4 Å². The number of hydrogen-bond acceptors (Lipinski definition) is 6. The predicted octanol–water partition coefficient (Wildman–Crippen LogP) is 1.98. The first-order valence-electron chi connectivity index (χ1n) is 5.46. The molecule has 6 heteroatoms. The molecule has 92 valence electrons. The highest BCUT2D eigenvalue weighted by Gasteiger charge is 2.15. The van der Waals surface area contributed by atoms with E-state index in [1.54, 1.807) is 12.3 Å². The van der Waals surface area contributed by atoms with E-state index in [0.717, 1.165) is 15.7 Å². The number of nitrogen functional groups attached to an aromatic ring is 1. The second kappa shape index (κ2) is 4.73. The fraction of sp³-hybridized carbons (Fsp3) is 0.167. The highest BCUT2D eigenvalue weighted by molar-refractivity contribution is 7.99. The van der Waals surface area contributed by atoms with Gasteiger partial charge in [0, 0.05) is 28.9 Å². The number of anilines is 1. The Morgan fingerprint density at radius 3 is 2.67 bits per heavy atom. The van der Waals surface area contributed by atoms with E-state index in [1.807, 2.05) is 12.1 Å². The largest absolute Gasteiger partial charge is 0.486 e. The topological polar surface area (TPSA) is 70.3 Å². The lowest BCUT2D eigenvalue weighted by Crippen LogP contribution is -2.15. The van der Waals surface area contributed by atoms with Crippen molar-refractivity contribution in [3.63, 3.8) is 0 Å². The molecule has 2 N–H and O–H groups in total. The van der Waals surface area contributed by atoms with Crippen LogP contribution in [0.25, 0.3) is 0 Å². The Bertz CT molecular complexity index is 563. The summed E-state index contributed by atoms with van der Waals surface area (Å²) in [6.45, 7) is 1.12. The van der Waals surface area contributed by atoms with Crippen molar-refractivity contribution in [2.75, 3.05) is 18.9 Å². The van der Waals surface area contributed by atoms with E-state index in [0.29, 0.717) is 24.7 Å². The molecule has 0 fully saturated rings. The summed E-state index contributed by atoms with van der Waals surface area (Å²) in [5.41, 5.74) is 6.65. The Kier molecular flexibility index (Phi) is 2.93. The summed E-state index contributed by atoms with van der Waals surface area (Å²) >= 11 is 1.48. The van der Waals surface area contributed by atoms with Crippen LogP contribution in [-0.2, 0) is 0 Å². The highest BCUT2D eigenvalue weighted by atomic mass is 32.2. The molecule has 2 heterocycles. The van der Waals surface area contributed by atoms with Crippen LogP contribution in [0.4, 0.5) is 5.69 Å². The van der Waals surface area contributed by atoms with Crippen LogP contribution in [0.15, 0.2) is 40.6 Å². The average Bonchev–Trinajstić information content (AvgIpc) is 2.41. The lowest BCUT2D eigenvalue weighted by molar-refractivity contribution is 0.171. The molecule has 1 aliphatic heterocycles. The summed E-state index contributed by atoms with van der Waals surface area (Å²) in [4.78, 5) is 8.93. The van der Waals surface area contributed by atoms with E-state index in [1.165, 1.54) is 18.1 Å². The van der Waals surface area contributed by atoms with E-state index >= 15 is 0 Å². The van der Waals surface area contributed by atoms with Crippen molar-refractivity contribution in [3.05, 3.63) is 30.7 Å². The van der Waals surface area contributed by atoms with Crippen molar-refractivity contribution in [2.24, 2.45) is 0 Å². The Morgan fingerprint density at radius 1 is 1.17 bits per heavy atom. The Morgan fingerprint density at radius 2 is 1.94 bits per heavy atom. The normalized spacial score (nSPS) is 13.3. The molecule has 0 amide bonds. The molecule has 0 saturated heterocycles. The van der Waals surface area contributed by atoms with E-state index < -0.39 is 0 Å². The molecule has 18 heavy (non-hydrogen) atoms. The molecule has 1 aliphatic rings. The van der Waals surface area contributed by atoms with E-state index in [2.05, 4.69) is 9.97 Å². The number of aromatic nitrogens is 2. The van der Waals surface area contributed by atoms with Gasteiger partial charge in [-0.05, 0) is 6.07 Å². The van der Waals surface area contributed by atoms with Crippen LogP contribution in [-0.4, -0.2) is 23.2 Å². The zero-order valence-corrected chi connectivity index (χ0v) is 10.3. The summed E-state index contributed by atoms with van der Waals surface area (Å²) in [5.74, 6) is 1.43. The van der Waals surface area contributed by atoms with Gasteiger partial charge in [0.1, 0.15) is 24.6 Å². The smallest absolute Gasteiger partial charge is 0.163 e. The number of nitrogens with two attached hydrogens (primary N) is 1. The minimum absolute atomic E-state index is 0.560. The number of hydrogen-bond donors (Lipinski definition) is 1. The minimum atomic E-state index is 0.560. The molecule has 1 aromatic carbocycles. The Hall–Kier alpha value is -1.95. The predicted molar refractivity (Wildman–Crippen MR) is 68.0 cm³/mol. The molecule has 0 aliphatic carbocycles. The fourth-order valence-electron chi connectivity index (χ4n) is 1.63. The molecule has 0 bridgehead atoms. The summed E-state index contributed by atoms with van der Waals surface area (Å²) in [6.07, 6.45) is 3.21. The molecule has 0 atom stereocenters. The number of fused-ring (bicyclic) bond motifs is 1. The van der Waals surface area contributed by atoms with E-state index in [-0.39, 0.29) is 0 Å². The lowest BCUT2D eigenvalue weighted by atomic mass is 10.2. The average molecular weight is 261 g/mol.